The molecule has 162 valence electrons. The molecule has 7 nitrogen and oxygen atoms in total. The molecule has 3 rings (SSSR count). The van der Waals surface area contributed by atoms with Crippen molar-refractivity contribution in [1.29, 1.82) is 0 Å². The second-order valence-corrected chi connectivity index (χ2v) is 9.11. The first-order valence-electron chi connectivity index (χ1n) is 10.3. The van der Waals surface area contributed by atoms with Crippen molar-refractivity contribution in [2.45, 2.75) is 33.1 Å². The third-order valence-electron chi connectivity index (χ3n) is 4.64. The first-order chi connectivity index (χ1) is 14.4. The molecule has 1 saturated heterocycles. The summed E-state index contributed by atoms with van der Waals surface area (Å²) in [6, 6.07) is 11.9. The molecular weight excluding hydrogens is 404 g/mol. The number of nitrogens with zero attached hydrogens (tertiary/aromatic N) is 1. The highest BCUT2D eigenvalue weighted by Crippen LogP contribution is 2.31. The van der Waals surface area contributed by atoms with Crippen LogP contribution in [0.2, 0.25) is 0 Å². The Labute approximate surface area is 178 Å². The monoisotopic (exact) mass is 432 g/mol. The molecular formula is C22H28N2O5S. The van der Waals surface area contributed by atoms with Crippen molar-refractivity contribution >= 4 is 27.3 Å². The number of sulfonamides is 1. The predicted molar refractivity (Wildman–Crippen MR) is 118 cm³/mol. The lowest BCUT2D eigenvalue weighted by atomic mass is 10.2. The lowest BCUT2D eigenvalue weighted by molar-refractivity contribution is 0.102. The Balaban J connectivity index is 1.71. The van der Waals surface area contributed by atoms with E-state index in [1.165, 1.54) is 4.31 Å². The fourth-order valence-electron chi connectivity index (χ4n) is 3.15. The molecule has 0 spiro atoms. The average Bonchev–Trinajstić information content (AvgIpc) is 3.10. The SMILES string of the molecule is CCCOc1ccc(NC(=O)c2ccc(N3CCCS3(=O)=O)cc2)cc1OCCC. The van der Waals surface area contributed by atoms with Crippen molar-refractivity contribution in [3.05, 3.63) is 48.0 Å². The number of anilines is 2. The Morgan fingerprint density at radius 3 is 2.27 bits per heavy atom. The van der Waals surface area contributed by atoms with Gasteiger partial charge in [0.15, 0.2) is 11.5 Å². The molecule has 1 amide bonds. The number of hydrogen-bond acceptors (Lipinski definition) is 5. The van der Waals surface area contributed by atoms with Crippen LogP contribution in [-0.2, 0) is 10.0 Å². The molecule has 8 heteroatoms. The van der Waals surface area contributed by atoms with Crippen LogP contribution < -0.4 is 19.1 Å². The van der Waals surface area contributed by atoms with Gasteiger partial charge in [-0.05, 0) is 55.7 Å². The Bertz CT molecular complexity index is 974. The summed E-state index contributed by atoms with van der Waals surface area (Å²) in [4.78, 5) is 12.6. The van der Waals surface area contributed by atoms with E-state index >= 15 is 0 Å². The molecule has 0 atom stereocenters. The average molecular weight is 433 g/mol. The van der Waals surface area contributed by atoms with Crippen LogP contribution in [0.4, 0.5) is 11.4 Å². The minimum Gasteiger partial charge on any atom is -0.490 e. The molecule has 2 aromatic rings. The first kappa shape index (κ1) is 22.0. The van der Waals surface area contributed by atoms with Gasteiger partial charge in [0.1, 0.15) is 0 Å². The smallest absolute Gasteiger partial charge is 0.255 e. The summed E-state index contributed by atoms with van der Waals surface area (Å²) in [5.41, 5.74) is 1.62. The quantitative estimate of drug-likeness (QED) is 0.646. The van der Waals surface area contributed by atoms with Crippen LogP contribution >= 0.6 is 0 Å². The summed E-state index contributed by atoms with van der Waals surface area (Å²) in [6.07, 6.45) is 2.37. The van der Waals surface area contributed by atoms with E-state index in [-0.39, 0.29) is 11.7 Å². The van der Waals surface area contributed by atoms with Crippen molar-refractivity contribution in [2.24, 2.45) is 0 Å². The summed E-state index contributed by atoms with van der Waals surface area (Å²) >= 11 is 0. The molecule has 0 saturated carbocycles. The molecule has 1 heterocycles. The van der Waals surface area contributed by atoms with Crippen molar-refractivity contribution < 1.29 is 22.7 Å². The highest BCUT2D eigenvalue weighted by Gasteiger charge is 2.28. The molecule has 0 unspecified atom stereocenters. The number of benzene rings is 2. The lowest BCUT2D eigenvalue weighted by Crippen LogP contribution is -2.25. The maximum absolute atomic E-state index is 12.6. The molecule has 1 fully saturated rings. The summed E-state index contributed by atoms with van der Waals surface area (Å²) in [6.45, 7) is 5.68. The summed E-state index contributed by atoms with van der Waals surface area (Å²) < 4.78 is 37.0. The van der Waals surface area contributed by atoms with Crippen LogP contribution in [0.25, 0.3) is 0 Å². The number of carbonyl (C=O) groups is 1. The van der Waals surface area contributed by atoms with E-state index in [9.17, 15) is 13.2 Å². The Morgan fingerprint density at radius 2 is 1.67 bits per heavy atom. The number of carbonyl (C=O) groups excluding carboxylic acids is 1. The lowest BCUT2D eigenvalue weighted by Gasteiger charge is -2.17. The van der Waals surface area contributed by atoms with Crippen LogP contribution in [-0.4, -0.2) is 39.8 Å². The zero-order valence-corrected chi connectivity index (χ0v) is 18.2. The molecule has 0 radical (unpaired) electrons. The number of ether oxygens (including phenoxy) is 2. The number of hydrogen-bond donors (Lipinski definition) is 1. The number of nitrogens with one attached hydrogen (secondary N) is 1. The van der Waals surface area contributed by atoms with Gasteiger partial charge in [0.2, 0.25) is 10.0 Å². The van der Waals surface area contributed by atoms with E-state index in [1.807, 2.05) is 13.8 Å². The zero-order chi connectivity index (χ0) is 21.6. The largest absolute Gasteiger partial charge is 0.490 e. The molecule has 1 aliphatic rings. The maximum Gasteiger partial charge on any atom is 0.255 e. The molecule has 0 aliphatic carbocycles. The van der Waals surface area contributed by atoms with Crippen LogP contribution in [0.5, 0.6) is 11.5 Å². The van der Waals surface area contributed by atoms with E-state index in [0.717, 1.165) is 12.8 Å². The van der Waals surface area contributed by atoms with Gasteiger partial charge in [-0.3, -0.25) is 9.10 Å². The summed E-state index contributed by atoms with van der Waals surface area (Å²) in [5, 5.41) is 2.86. The Hall–Kier alpha value is -2.74. The van der Waals surface area contributed by atoms with Crippen LogP contribution in [0.3, 0.4) is 0 Å². The molecule has 0 bridgehead atoms. The topological polar surface area (TPSA) is 84.9 Å². The van der Waals surface area contributed by atoms with Crippen LogP contribution in [0.1, 0.15) is 43.5 Å². The van der Waals surface area contributed by atoms with E-state index in [1.54, 1.807) is 42.5 Å². The Kier molecular flexibility index (Phi) is 7.20. The van der Waals surface area contributed by atoms with Gasteiger partial charge in [0, 0.05) is 23.9 Å². The Morgan fingerprint density at radius 1 is 1.00 bits per heavy atom. The van der Waals surface area contributed by atoms with E-state index in [0.29, 0.717) is 54.6 Å². The van der Waals surface area contributed by atoms with Gasteiger partial charge in [-0.15, -0.1) is 0 Å². The highest BCUT2D eigenvalue weighted by atomic mass is 32.2. The van der Waals surface area contributed by atoms with Crippen LogP contribution in [0.15, 0.2) is 42.5 Å². The van der Waals surface area contributed by atoms with Crippen molar-refractivity contribution in [2.75, 3.05) is 35.1 Å². The molecule has 2 aromatic carbocycles. The predicted octanol–water partition coefficient (Wildman–Crippen LogP) is 4.06. The highest BCUT2D eigenvalue weighted by molar-refractivity contribution is 7.93. The van der Waals surface area contributed by atoms with Gasteiger partial charge in [0.25, 0.3) is 5.91 Å². The van der Waals surface area contributed by atoms with E-state index < -0.39 is 10.0 Å². The van der Waals surface area contributed by atoms with Crippen LogP contribution in [0, 0.1) is 0 Å². The first-order valence-corrected chi connectivity index (χ1v) is 11.9. The summed E-state index contributed by atoms with van der Waals surface area (Å²) in [7, 11) is -3.24. The van der Waals surface area contributed by atoms with E-state index in [4.69, 9.17) is 9.47 Å². The van der Waals surface area contributed by atoms with Gasteiger partial charge >= 0.3 is 0 Å². The molecule has 30 heavy (non-hydrogen) atoms. The molecule has 0 aromatic heterocycles. The fourth-order valence-corrected chi connectivity index (χ4v) is 4.72. The standard InChI is InChI=1S/C22H28N2O5S/c1-3-13-28-20-11-8-18(16-21(20)29-14-4-2)23-22(25)17-6-9-19(10-7-17)24-12-5-15-30(24,26)27/h6-11,16H,3-5,12-15H2,1-2H3,(H,23,25). The maximum atomic E-state index is 12.6. The van der Waals surface area contributed by atoms with Gasteiger partial charge < -0.3 is 14.8 Å². The minimum atomic E-state index is -3.24. The van der Waals surface area contributed by atoms with Gasteiger partial charge in [-0.25, -0.2) is 8.42 Å². The normalized spacial score (nSPS) is 15.1. The number of amides is 1. The van der Waals surface area contributed by atoms with Crippen molar-refractivity contribution in [3.8, 4) is 11.5 Å². The number of rotatable bonds is 9. The second kappa shape index (κ2) is 9.84. The van der Waals surface area contributed by atoms with Crippen molar-refractivity contribution in [3.63, 3.8) is 0 Å². The molecule has 1 N–H and O–H groups in total. The molecule has 1 aliphatic heterocycles. The second-order valence-electron chi connectivity index (χ2n) is 7.10. The van der Waals surface area contributed by atoms with Gasteiger partial charge in [0.05, 0.1) is 24.7 Å². The third-order valence-corrected chi connectivity index (χ3v) is 6.51. The fraction of sp³-hybridized carbons (Fsp3) is 0.409. The van der Waals surface area contributed by atoms with Gasteiger partial charge in [-0.2, -0.15) is 0 Å². The zero-order valence-electron chi connectivity index (χ0n) is 17.4. The third kappa shape index (κ3) is 5.24. The van der Waals surface area contributed by atoms with E-state index in [2.05, 4.69) is 5.32 Å². The van der Waals surface area contributed by atoms with Crippen molar-refractivity contribution in [1.82, 2.24) is 0 Å². The van der Waals surface area contributed by atoms with Gasteiger partial charge in [-0.1, -0.05) is 13.8 Å². The minimum absolute atomic E-state index is 0.162. The summed E-state index contributed by atoms with van der Waals surface area (Å²) in [5.74, 6) is 1.13.